The van der Waals surface area contributed by atoms with Crippen LogP contribution in [0.4, 0.5) is 0 Å². The highest BCUT2D eigenvalue weighted by Gasteiger charge is 2.39. The fourth-order valence-corrected chi connectivity index (χ4v) is 3.70. The van der Waals surface area contributed by atoms with E-state index in [9.17, 15) is 15.0 Å². The van der Waals surface area contributed by atoms with Crippen LogP contribution in [-0.4, -0.2) is 16.2 Å². The Labute approximate surface area is 149 Å². The van der Waals surface area contributed by atoms with Gasteiger partial charge in [-0.15, -0.1) is 0 Å². The van der Waals surface area contributed by atoms with Crippen molar-refractivity contribution in [3.63, 3.8) is 0 Å². The molecule has 122 valence electrons. The minimum atomic E-state index is -1.50. The zero-order valence-corrected chi connectivity index (χ0v) is 14.1. The monoisotopic (exact) mass is 360 g/mol. The van der Waals surface area contributed by atoms with Crippen molar-refractivity contribution in [1.29, 1.82) is 0 Å². The summed E-state index contributed by atoms with van der Waals surface area (Å²) >= 11 is 12.6. The average Bonchev–Trinajstić information content (AvgIpc) is 2.55. The summed E-state index contributed by atoms with van der Waals surface area (Å²) < 4.78 is 0. The van der Waals surface area contributed by atoms with Crippen molar-refractivity contribution in [3.05, 3.63) is 87.4 Å². The Morgan fingerprint density at radius 2 is 1.79 bits per heavy atom. The van der Waals surface area contributed by atoms with Crippen molar-refractivity contribution < 1.29 is 15.0 Å². The Kier molecular flexibility index (Phi) is 4.50. The number of carbonyl (C=O) groups is 1. The topological polar surface area (TPSA) is 57.5 Å². The van der Waals surface area contributed by atoms with E-state index in [2.05, 4.69) is 0 Å². The first-order chi connectivity index (χ1) is 11.4. The number of halogens is 2. The quantitative estimate of drug-likeness (QED) is 0.816. The zero-order valence-electron chi connectivity index (χ0n) is 12.5. The zero-order chi connectivity index (χ0) is 17.3. The van der Waals surface area contributed by atoms with Gasteiger partial charge >= 0.3 is 5.97 Å². The molecule has 0 heterocycles. The first kappa shape index (κ1) is 16.8. The van der Waals surface area contributed by atoms with Crippen LogP contribution < -0.4 is 0 Å². The molecule has 0 aliphatic heterocycles. The predicted molar refractivity (Wildman–Crippen MR) is 95.5 cm³/mol. The van der Waals surface area contributed by atoms with E-state index in [0.717, 1.165) is 5.56 Å². The van der Waals surface area contributed by atoms with Gasteiger partial charge in [-0.2, -0.15) is 0 Å². The van der Waals surface area contributed by atoms with Crippen LogP contribution in [0, 0.1) is 0 Å². The Morgan fingerprint density at radius 1 is 1.08 bits per heavy atom. The largest absolute Gasteiger partial charge is 0.478 e. The van der Waals surface area contributed by atoms with Crippen LogP contribution in [0.3, 0.4) is 0 Å². The molecule has 24 heavy (non-hydrogen) atoms. The van der Waals surface area contributed by atoms with Crippen molar-refractivity contribution >= 4 is 34.7 Å². The van der Waals surface area contributed by atoms with Crippen LogP contribution >= 0.6 is 23.2 Å². The molecule has 1 aliphatic rings. The van der Waals surface area contributed by atoms with E-state index < -0.39 is 11.6 Å². The lowest BCUT2D eigenvalue weighted by Crippen LogP contribution is -2.29. The molecule has 3 rings (SSSR count). The van der Waals surface area contributed by atoms with E-state index >= 15 is 0 Å². The normalized spacial score (nSPS) is 19.9. The van der Waals surface area contributed by atoms with Gasteiger partial charge in [-0.25, -0.2) is 4.79 Å². The molecule has 0 saturated heterocycles. The Hall–Kier alpha value is -2.07. The number of benzene rings is 2. The first-order valence-electron chi connectivity index (χ1n) is 7.32. The number of hydrogen-bond acceptors (Lipinski definition) is 2. The second-order valence-corrected chi connectivity index (χ2v) is 6.31. The molecular formula is C19H14Cl2O3. The highest BCUT2D eigenvalue weighted by molar-refractivity contribution is 6.38. The van der Waals surface area contributed by atoms with Gasteiger partial charge in [-0.3, -0.25) is 0 Å². The third kappa shape index (κ3) is 2.75. The first-order valence-corrected chi connectivity index (χ1v) is 8.07. The molecule has 0 amide bonds. The van der Waals surface area contributed by atoms with Gasteiger partial charge in [0, 0.05) is 17.0 Å². The number of aliphatic hydroxyl groups is 1. The third-order valence-corrected chi connectivity index (χ3v) is 4.79. The van der Waals surface area contributed by atoms with Gasteiger partial charge in [0.25, 0.3) is 0 Å². The van der Waals surface area contributed by atoms with E-state index in [1.165, 1.54) is 12.1 Å². The Balaban J connectivity index is 2.24. The van der Waals surface area contributed by atoms with Gasteiger partial charge in [0.15, 0.2) is 0 Å². The van der Waals surface area contributed by atoms with Gasteiger partial charge in [-0.05, 0) is 23.3 Å². The van der Waals surface area contributed by atoms with Crippen molar-refractivity contribution in [2.75, 3.05) is 0 Å². The van der Waals surface area contributed by atoms with Gasteiger partial charge in [0.05, 0.1) is 10.6 Å². The minimum Gasteiger partial charge on any atom is -0.478 e. The number of rotatable bonds is 3. The van der Waals surface area contributed by atoms with Crippen molar-refractivity contribution in [2.45, 2.75) is 12.0 Å². The molecule has 5 heteroatoms. The van der Waals surface area contributed by atoms with Crippen molar-refractivity contribution in [2.24, 2.45) is 0 Å². The summed E-state index contributed by atoms with van der Waals surface area (Å²) in [5, 5.41) is 20.9. The van der Waals surface area contributed by atoms with Gasteiger partial charge in [0.1, 0.15) is 5.60 Å². The maximum Gasteiger partial charge on any atom is 0.337 e. The third-order valence-electron chi connectivity index (χ3n) is 4.08. The van der Waals surface area contributed by atoms with E-state index in [-0.39, 0.29) is 27.6 Å². The Morgan fingerprint density at radius 3 is 2.46 bits per heavy atom. The van der Waals surface area contributed by atoms with Crippen LogP contribution in [-0.2, 0) is 5.60 Å². The minimum absolute atomic E-state index is 0.0466. The molecule has 3 nitrogen and oxygen atoms in total. The number of allylic oxidation sites excluding steroid dienone is 2. The molecule has 0 saturated carbocycles. The van der Waals surface area contributed by atoms with Crippen LogP contribution in [0.25, 0.3) is 5.57 Å². The molecule has 2 aromatic carbocycles. The highest BCUT2D eigenvalue weighted by Crippen LogP contribution is 2.47. The number of carboxylic acids is 1. The molecule has 0 spiro atoms. The van der Waals surface area contributed by atoms with Crippen LogP contribution in [0.15, 0.2) is 60.7 Å². The van der Waals surface area contributed by atoms with E-state index in [4.69, 9.17) is 23.2 Å². The summed E-state index contributed by atoms with van der Waals surface area (Å²) in [6.45, 7) is 0. The standard InChI is InChI=1S/C19H14Cl2O3/c20-15-10-9-13(18(22)23)17(21)16(15)19(24)11-5-4-8-14(19)12-6-2-1-3-7-12/h1-10,24H,11H2,(H,22,23). The molecule has 0 bridgehead atoms. The van der Waals surface area contributed by atoms with E-state index in [1.807, 2.05) is 36.4 Å². The summed E-state index contributed by atoms with van der Waals surface area (Å²) in [6, 6.07) is 12.2. The molecule has 2 N–H and O–H groups in total. The molecule has 1 aliphatic carbocycles. The molecule has 1 atom stereocenters. The van der Waals surface area contributed by atoms with E-state index in [1.54, 1.807) is 12.2 Å². The van der Waals surface area contributed by atoms with Crippen molar-refractivity contribution in [1.82, 2.24) is 0 Å². The fourth-order valence-electron chi connectivity index (χ4n) is 2.94. The van der Waals surface area contributed by atoms with Crippen LogP contribution in [0.2, 0.25) is 10.0 Å². The smallest absolute Gasteiger partial charge is 0.337 e. The lowest BCUT2D eigenvalue weighted by Gasteiger charge is -2.34. The summed E-state index contributed by atoms with van der Waals surface area (Å²) in [5.41, 5.74) is 0.0567. The second-order valence-electron chi connectivity index (χ2n) is 5.53. The Bertz CT molecular complexity index is 856. The summed E-state index contributed by atoms with van der Waals surface area (Å²) in [6.07, 6.45) is 5.68. The van der Waals surface area contributed by atoms with E-state index in [0.29, 0.717) is 5.57 Å². The average molecular weight is 361 g/mol. The molecule has 1 unspecified atom stereocenters. The number of carboxylic acid groups (broad SMARTS) is 1. The SMILES string of the molecule is O=C(O)c1ccc(Cl)c(C2(O)CC=CC=C2c2ccccc2)c1Cl. The lowest BCUT2D eigenvalue weighted by molar-refractivity contribution is 0.0696. The highest BCUT2D eigenvalue weighted by atomic mass is 35.5. The van der Waals surface area contributed by atoms with Crippen LogP contribution in [0.5, 0.6) is 0 Å². The maximum absolute atomic E-state index is 11.4. The maximum atomic E-state index is 11.4. The van der Waals surface area contributed by atoms with Gasteiger partial charge in [-0.1, -0.05) is 71.8 Å². The van der Waals surface area contributed by atoms with Gasteiger partial charge in [0.2, 0.25) is 0 Å². The molecule has 0 radical (unpaired) electrons. The fraction of sp³-hybridized carbons (Fsp3) is 0.105. The summed E-state index contributed by atoms with van der Waals surface area (Å²) in [5.74, 6) is -1.17. The summed E-state index contributed by atoms with van der Waals surface area (Å²) in [7, 11) is 0. The predicted octanol–water partition coefficient (Wildman–Crippen LogP) is 4.92. The summed E-state index contributed by atoms with van der Waals surface area (Å²) in [4.78, 5) is 11.4. The number of hydrogen-bond donors (Lipinski definition) is 2. The molecule has 2 aromatic rings. The lowest BCUT2D eigenvalue weighted by atomic mass is 9.77. The second kappa shape index (κ2) is 6.44. The molecular weight excluding hydrogens is 347 g/mol. The molecule has 0 aromatic heterocycles. The van der Waals surface area contributed by atoms with Crippen molar-refractivity contribution in [3.8, 4) is 0 Å². The molecule has 0 fully saturated rings. The van der Waals surface area contributed by atoms with Gasteiger partial charge < -0.3 is 10.2 Å². The van der Waals surface area contributed by atoms with Crippen LogP contribution in [0.1, 0.15) is 27.9 Å². The number of aromatic carboxylic acids is 1.